The van der Waals surface area contributed by atoms with Crippen LogP contribution in [0.25, 0.3) is 11.4 Å². The molecule has 3 N–H and O–H groups in total. The summed E-state index contributed by atoms with van der Waals surface area (Å²) in [4.78, 5) is 11.8. The summed E-state index contributed by atoms with van der Waals surface area (Å²) in [6.45, 7) is 3.20. The molecule has 3 aromatic carbocycles. The Kier molecular flexibility index (Phi) is 7.27. The second-order valence-electron chi connectivity index (χ2n) is 8.51. The average molecular weight is 507 g/mol. The van der Waals surface area contributed by atoms with Crippen LogP contribution in [0.1, 0.15) is 59.0 Å². The number of phenolic OH excluding ortho intramolecular Hbond substituents is 1. The number of rotatable bonds is 9. The largest absolute Gasteiger partial charge is 0.507 e. The SMILES string of the molecule is CCCc1c(S(=O)(=O)Cc2ccc(C(O)c3cccc(-c4nn[nH]n4)c3)cc2)ccc(C(C)=O)c1O. The van der Waals surface area contributed by atoms with E-state index in [-0.39, 0.29) is 33.3 Å². The lowest BCUT2D eigenvalue weighted by molar-refractivity contribution is 0.101. The Hall–Kier alpha value is -3.89. The predicted molar refractivity (Wildman–Crippen MR) is 133 cm³/mol. The van der Waals surface area contributed by atoms with E-state index in [1.807, 2.05) is 13.0 Å². The van der Waals surface area contributed by atoms with Crippen LogP contribution in [0.5, 0.6) is 5.75 Å². The van der Waals surface area contributed by atoms with Crippen LogP contribution in [0, 0.1) is 0 Å². The second-order valence-corrected chi connectivity index (χ2v) is 10.5. The molecular formula is C26H26N4O5S. The molecule has 1 aromatic heterocycles. The van der Waals surface area contributed by atoms with Crippen molar-refractivity contribution in [3.8, 4) is 17.1 Å². The first-order valence-electron chi connectivity index (χ1n) is 11.4. The quantitative estimate of drug-likeness (QED) is 0.291. The highest BCUT2D eigenvalue weighted by atomic mass is 32.2. The molecule has 36 heavy (non-hydrogen) atoms. The predicted octanol–water partition coefficient (Wildman–Crippen LogP) is 3.78. The van der Waals surface area contributed by atoms with E-state index < -0.39 is 15.9 Å². The molecule has 0 aliphatic rings. The smallest absolute Gasteiger partial charge is 0.204 e. The number of hydrogen-bond acceptors (Lipinski definition) is 8. The van der Waals surface area contributed by atoms with E-state index in [1.165, 1.54) is 19.1 Å². The molecule has 10 heteroatoms. The standard InChI is InChI=1S/C26H26N4O5S/c1-3-5-22-23(13-12-21(16(2)31)25(22)33)36(34,35)15-17-8-10-18(11-9-17)24(32)19-6-4-7-20(14-19)26-27-29-30-28-26/h4,6-14,24,32-33H,3,5,15H2,1-2H3,(H,27,28,29,30). The monoisotopic (exact) mass is 506 g/mol. The van der Waals surface area contributed by atoms with Crippen LogP contribution >= 0.6 is 0 Å². The van der Waals surface area contributed by atoms with Gasteiger partial charge in [0, 0.05) is 11.1 Å². The molecule has 1 atom stereocenters. The minimum atomic E-state index is -3.80. The number of ketones is 1. The number of nitrogens with one attached hydrogen (secondary N) is 1. The van der Waals surface area contributed by atoms with Crippen molar-refractivity contribution in [3.63, 3.8) is 0 Å². The first-order valence-corrected chi connectivity index (χ1v) is 13.1. The van der Waals surface area contributed by atoms with Gasteiger partial charge in [0.15, 0.2) is 15.6 Å². The van der Waals surface area contributed by atoms with Gasteiger partial charge in [-0.2, -0.15) is 5.21 Å². The lowest BCUT2D eigenvalue weighted by Gasteiger charge is -2.15. The lowest BCUT2D eigenvalue weighted by atomic mass is 9.99. The number of tetrazole rings is 1. The Morgan fingerprint density at radius 1 is 1.06 bits per heavy atom. The highest BCUT2D eigenvalue weighted by molar-refractivity contribution is 7.90. The van der Waals surface area contributed by atoms with Crippen molar-refractivity contribution in [1.82, 2.24) is 20.6 Å². The van der Waals surface area contributed by atoms with Crippen molar-refractivity contribution in [2.75, 3.05) is 0 Å². The Labute approximate surface area is 208 Å². The summed E-state index contributed by atoms with van der Waals surface area (Å²) in [5, 5.41) is 35.3. The average Bonchev–Trinajstić information content (AvgIpc) is 3.40. The Morgan fingerprint density at radius 3 is 2.44 bits per heavy atom. The molecule has 0 aliphatic heterocycles. The van der Waals surface area contributed by atoms with Gasteiger partial charge >= 0.3 is 0 Å². The topological polar surface area (TPSA) is 146 Å². The van der Waals surface area contributed by atoms with E-state index in [2.05, 4.69) is 20.6 Å². The summed E-state index contributed by atoms with van der Waals surface area (Å²) in [7, 11) is -3.80. The van der Waals surface area contributed by atoms with Gasteiger partial charge in [0.2, 0.25) is 5.82 Å². The summed E-state index contributed by atoms with van der Waals surface area (Å²) >= 11 is 0. The number of hydrogen-bond donors (Lipinski definition) is 3. The zero-order valence-corrected chi connectivity index (χ0v) is 20.7. The van der Waals surface area contributed by atoms with Crippen LogP contribution in [0.15, 0.2) is 65.6 Å². The number of aromatic amines is 1. The van der Waals surface area contributed by atoms with Gasteiger partial charge in [0.25, 0.3) is 0 Å². The molecule has 186 valence electrons. The molecule has 0 radical (unpaired) electrons. The first kappa shape index (κ1) is 25.2. The van der Waals surface area contributed by atoms with Crippen LogP contribution in [0.3, 0.4) is 0 Å². The van der Waals surface area contributed by atoms with Crippen LogP contribution in [0.4, 0.5) is 0 Å². The Morgan fingerprint density at radius 2 is 1.81 bits per heavy atom. The zero-order chi connectivity index (χ0) is 25.9. The van der Waals surface area contributed by atoms with Gasteiger partial charge < -0.3 is 10.2 Å². The van der Waals surface area contributed by atoms with E-state index in [1.54, 1.807) is 42.5 Å². The number of aromatic nitrogens is 4. The van der Waals surface area contributed by atoms with Crippen molar-refractivity contribution in [1.29, 1.82) is 0 Å². The number of Topliss-reactive ketones (excluding diaryl/α,β-unsaturated/α-hetero) is 1. The van der Waals surface area contributed by atoms with E-state index >= 15 is 0 Å². The molecule has 0 fully saturated rings. The minimum absolute atomic E-state index is 0.0224. The van der Waals surface area contributed by atoms with Crippen LogP contribution in [-0.4, -0.2) is 45.0 Å². The zero-order valence-electron chi connectivity index (χ0n) is 19.8. The number of carbonyl (C=O) groups excluding carboxylic acids is 1. The summed E-state index contributed by atoms with van der Waals surface area (Å²) in [6.07, 6.45) is 0.00258. The molecule has 0 amide bonds. The van der Waals surface area contributed by atoms with E-state index in [9.17, 15) is 23.4 Å². The molecule has 0 spiro atoms. The number of sulfone groups is 1. The maximum absolute atomic E-state index is 13.3. The highest BCUT2D eigenvalue weighted by Gasteiger charge is 2.24. The molecule has 1 heterocycles. The van der Waals surface area contributed by atoms with Crippen molar-refractivity contribution < 1.29 is 23.4 Å². The van der Waals surface area contributed by atoms with Gasteiger partial charge in [-0.25, -0.2) is 8.42 Å². The van der Waals surface area contributed by atoms with Crippen molar-refractivity contribution >= 4 is 15.6 Å². The summed E-state index contributed by atoms with van der Waals surface area (Å²) in [5.41, 5.74) is 2.83. The van der Waals surface area contributed by atoms with E-state index in [4.69, 9.17) is 0 Å². The summed E-state index contributed by atoms with van der Waals surface area (Å²) in [5.74, 6) is -0.473. The fraction of sp³-hybridized carbons (Fsp3) is 0.231. The maximum atomic E-state index is 13.3. The number of aliphatic hydroxyl groups excluding tert-OH is 1. The van der Waals surface area contributed by atoms with Gasteiger partial charge in [-0.1, -0.05) is 55.8 Å². The second kappa shape index (κ2) is 10.4. The molecule has 9 nitrogen and oxygen atoms in total. The molecule has 4 rings (SSSR count). The fourth-order valence-corrected chi connectivity index (χ4v) is 5.74. The van der Waals surface area contributed by atoms with Crippen LogP contribution in [-0.2, 0) is 22.0 Å². The lowest BCUT2D eigenvalue weighted by Crippen LogP contribution is -2.10. The third-order valence-electron chi connectivity index (χ3n) is 5.91. The molecule has 0 aliphatic carbocycles. The first-order chi connectivity index (χ1) is 17.2. The Balaban J connectivity index is 1.57. The molecule has 4 aromatic rings. The Bertz CT molecular complexity index is 1480. The summed E-state index contributed by atoms with van der Waals surface area (Å²) in [6, 6.07) is 16.6. The number of phenols is 1. The third-order valence-corrected chi connectivity index (χ3v) is 7.68. The van der Waals surface area contributed by atoms with Crippen molar-refractivity contribution in [3.05, 3.63) is 88.5 Å². The number of nitrogens with zero attached hydrogens (tertiary/aromatic N) is 3. The molecule has 0 saturated carbocycles. The number of carbonyl (C=O) groups is 1. The maximum Gasteiger partial charge on any atom is 0.204 e. The van der Waals surface area contributed by atoms with Crippen LogP contribution in [0.2, 0.25) is 0 Å². The number of aliphatic hydroxyl groups is 1. The number of aromatic hydroxyl groups is 1. The molecular weight excluding hydrogens is 480 g/mol. The fourth-order valence-electron chi connectivity index (χ4n) is 4.10. The van der Waals surface area contributed by atoms with Gasteiger partial charge in [0.1, 0.15) is 11.9 Å². The van der Waals surface area contributed by atoms with Crippen molar-refractivity contribution in [2.24, 2.45) is 0 Å². The van der Waals surface area contributed by atoms with Crippen LogP contribution < -0.4 is 0 Å². The van der Waals surface area contributed by atoms with E-state index in [0.717, 1.165) is 0 Å². The van der Waals surface area contributed by atoms with Gasteiger partial charge in [-0.05, 0) is 53.4 Å². The van der Waals surface area contributed by atoms with Crippen molar-refractivity contribution in [2.45, 2.75) is 43.4 Å². The molecule has 1 unspecified atom stereocenters. The number of H-pyrrole nitrogens is 1. The summed E-state index contributed by atoms with van der Waals surface area (Å²) < 4.78 is 26.5. The van der Waals surface area contributed by atoms with Gasteiger partial charge in [-0.3, -0.25) is 4.79 Å². The highest BCUT2D eigenvalue weighted by Crippen LogP contribution is 2.33. The number of benzene rings is 3. The van der Waals surface area contributed by atoms with E-state index in [0.29, 0.717) is 40.9 Å². The molecule has 0 bridgehead atoms. The van der Waals surface area contributed by atoms with Gasteiger partial charge in [0.05, 0.1) is 16.2 Å². The molecule has 0 saturated heterocycles. The normalized spacial score (nSPS) is 12.4. The third kappa shape index (κ3) is 5.19. The van der Waals surface area contributed by atoms with Gasteiger partial charge in [-0.15, -0.1) is 10.2 Å². The minimum Gasteiger partial charge on any atom is -0.507 e.